The highest BCUT2D eigenvalue weighted by atomic mass is 16.4. The first kappa shape index (κ1) is 14.2. The highest BCUT2D eigenvalue weighted by molar-refractivity contribution is 5.92. The molecule has 1 aliphatic rings. The molecule has 1 aromatic carbocycles. The Morgan fingerprint density at radius 1 is 1.10 bits per heavy atom. The number of carbonyl (C=O) groups excluding carboxylic acids is 1. The Labute approximate surface area is 116 Å². The fourth-order valence-corrected chi connectivity index (χ4v) is 3.03. The molecule has 0 bridgehead atoms. The van der Waals surface area contributed by atoms with Gasteiger partial charge in [0.25, 0.3) is 0 Å². The average molecular weight is 276 g/mol. The number of benzene rings is 1. The SMILES string of the molecule is C[C@H]1C(=O)C[C@@H](C(=O)O)[C@@H](C(=O)O)[C@H]1c1ccccc1. The standard InChI is InChI=1S/C15H16O5/c1-8-11(16)7-10(14(17)18)13(15(19)20)12(8)9-5-3-2-4-6-9/h2-6,8,10,12-13H,7H2,1H3,(H,17,18)(H,19,20)/t8-,10+,12+,13+/m0/s1. The molecule has 20 heavy (non-hydrogen) atoms. The number of hydrogen-bond donors (Lipinski definition) is 2. The lowest BCUT2D eigenvalue weighted by molar-refractivity contribution is -0.160. The lowest BCUT2D eigenvalue weighted by Crippen LogP contribution is -2.44. The second-order valence-corrected chi connectivity index (χ2v) is 5.20. The third kappa shape index (κ3) is 2.43. The fourth-order valence-electron chi connectivity index (χ4n) is 3.03. The Balaban J connectivity index is 2.50. The third-order valence-corrected chi connectivity index (χ3v) is 4.07. The van der Waals surface area contributed by atoms with E-state index in [1.165, 1.54) is 0 Å². The predicted molar refractivity (Wildman–Crippen MR) is 70.2 cm³/mol. The van der Waals surface area contributed by atoms with Crippen LogP contribution in [-0.2, 0) is 14.4 Å². The van der Waals surface area contributed by atoms with Crippen molar-refractivity contribution in [3.8, 4) is 0 Å². The monoisotopic (exact) mass is 276 g/mol. The third-order valence-electron chi connectivity index (χ3n) is 4.07. The normalized spacial score (nSPS) is 29.9. The number of ketones is 1. The van der Waals surface area contributed by atoms with E-state index in [1.54, 1.807) is 37.3 Å². The quantitative estimate of drug-likeness (QED) is 0.878. The van der Waals surface area contributed by atoms with Gasteiger partial charge in [0.15, 0.2) is 0 Å². The van der Waals surface area contributed by atoms with Crippen molar-refractivity contribution in [2.45, 2.75) is 19.3 Å². The molecule has 1 aliphatic carbocycles. The van der Waals surface area contributed by atoms with Gasteiger partial charge in [-0.05, 0) is 5.56 Å². The first-order chi connectivity index (χ1) is 9.43. The number of Topliss-reactive ketones (excluding diaryl/α,β-unsaturated/α-hetero) is 1. The summed E-state index contributed by atoms with van der Waals surface area (Å²) in [6.07, 6.45) is -0.212. The summed E-state index contributed by atoms with van der Waals surface area (Å²) in [5.41, 5.74) is 0.701. The van der Waals surface area contributed by atoms with E-state index < -0.39 is 35.6 Å². The lowest BCUT2D eigenvalue weighted by Gasteiger charge is -2.37. The number of hydrogen-bond acceptors (Lipinski definition) is 3. The molecule has 0 aliphatic heterocycles. The molecule has 2 rings (SSSR count). The van der Waals surface area contributed by atoms with Crippen molar-refractivity contribution < 1.29 is 24.6 Å². The summed E-state index contributed by atoms with van der Waals surface area (Å²) in [5.74, 6) is -5.91. The molecule has 4 atom stereocenters. The van der Waals surface area contributed by atoms with E-state index in [0.29, 0.717) is 5.56 Å². The minimum atomic E-state index is -1.22. The van der Waals surface area contributed by atoms with E-state index >= 15 is 0 Å². The minimum Gasteiger partial charge on any atom is -0.481 e. The van der Waals surface area contributed by atoms with Gasteiger partial charge >= 0.3 is 11.9 Å². The number of carbonyl (C=O) groups is 3. The molecule has 1 fully saturated rings. The maximum atomic E-state index is 12.0. The molecule has 1 aromatic rings. The fraction of sp³-hybridized carbons (Fsp3) is 0.400. The van der Waals surface area contributed by atoms with E-state index in [9.17, 15) is 24.6 Å². The molecule has 1 saturated carbocycles. The molecule has 0 amide bonds. The van der Waals surface area contributed by atoms with Crippen molar-refractivity contribution >= 4 is 17.7 Å². The van der Waals surface area contributed by atoms with E-state index in [1.807, 2.05) is 0 Å². The van der Waals surface area contributed by atoms with Crippen molar-refractivity contribution in [3.05, 3.63) is 35.9 Å². The van der Waals surface area contributed by atoms with Crippen molar-refractivity contribution in [1.29, 1.82) is 0 Å². The van der Waals surface area contributed by atoms with Crippen molar-refractivity contribution in [2.24, 2.45) is 17.8 Å². The van der Waals surface area contributed by atoms with Crippen LogP contribution in [0.3, 0.4) is 0 Å². The van der Waals surface area contributed by atoms with Gasteiger partial charge in [-0.25, -0.2) is 0 Å². The van der Waals surface area contributed by atoms with Crippen LogP contribution in [0.15, 0.2) is 30.3 Å². The zero-order chi connectivity index (χ0) is 14.9. The number of rotatable bonds is 3. The summed E-state index contributed by atoms with van der Waals surface area (Å²) in [4.78, 5) is 34.8. The summed E-state index contributed by atoms with van der Waals surface area (Å²) in [5, 5.41) is 18.6. The first-order valence-corrected chi connectivity index (χ1v) is 6.46. The van der Waals surface area contributed by atoms with Crippen LogP contribution >= 0.6 is 0 Å². The predicted octanol–water partition coefficient (Wildman–Crippen LogP) is 1.78. The van der Waals surface area contributed by atoms with Crippen LogP contribution in [-0.4, -0.2) is 27.9 Å². The zero-order valence-corrected chi connectivity index (χ0v) is 11.0. The summed E-state index contributed by atoms with van der Waals surface area (Å²) < 4.78 is 0. The highest BCUT2D eigenvalue weighted by Crippen LogP contribution is 2.43. The van der Waals surface area contributed by atoms with Gasteiger partial charge in [-0.1, -0.05) is 37.3 Å². The molecule has 0 unspecified atom stereocenters. The van der Waals surface area contributed by atoms with Crippen LogP contribution in [0.25, 0.3) is 0 Å². The molecular formula is C15H16O5. The van der Waals surface area contributed by atoms with Gasteiger partial charge < -0.3 is 10.2 Å². The van der Waals surface area contributed by atoms with Crippen LogP contribution in [0.1, 0.15) is 24.8 Å². The highest BCUT2D eigenvalue weighted by Gasteiger charge is 2.49. The largest absolute Gasteiger partial charge is 0.481 e. The Kier molecular flexibility index (Phi) is 3.88. The molecule has 5 nitrogen and oxygen atoms in total. The summed E-state index contributed by atoms with van der Waals surface area (Å²) in [7, 11) is 0. The summed E-state index contributed by atoms with van der Waals surface area (Å²) >= 11 is 0. The molecule has 0 spiro atoms. The summed E-state index contributed by atoms with van der Waals surface area (Å²) in [6, 6.07) is 8.80. The number of aliphatic carboxylic acids is 2. The van der Waals surface area contributed by atoms with Gasteiger partial charge in [-0.15, -0.1) is 0 Å². The van der Waals surface area contributed by atoms with Gasteiger partial charge in [0.1, 0.15) is 5.78 Å². The van der Waals surface area contributed by atoms with E-state index in [2.05, 4.69) is 0 Å². The molecule has 106 valence electrons. The topological polar surface area (TPSA) is 91.7 Å². The van der Waals surface area contributed by atoms with E-state index in [4.69, 9.17) is 0 Å². The molecule has 0 heterocycles. The Bertz CT molecular complexity index is 536. The Morgan fingerprint density at radius 2 is 1.70 bits per heavy atom. The number of carboxylic acid groups (broad SMARTS) is 2. The maximum absolute atomic E-state index is 12.0. The van der Waals surface area contributed by atoms with Crippen molar-refractivity contribution in [3.63, 3.8) is 0 Å². The molecule has 0 saturated heterocycles. The van der Waals surface area contributed by atoms with Gasteiger partial charge in [0, 0.05) is 18.3 Å². The average Bonchev–Trinajstić information content (AvgIpc) is 2.41. The first-order valence-electron chi connectivity index (χ1n) is 6.46. The minimum absolute atomic E-state index is 0.191. The van der Waals surface area contributed by atoms with E-state index in [-0.39, 0.29) is 12.2 Å². The second kappa shape index (κ2) is 5.45. The Morgan fingerprint density at radius 3 is 2.20 bits per heavy atom. The van der Waals surface area contributed by atoms with Crippen molar-refractivity contribution in [2.75, 3.05) is 0 Å². The van der Waals surface area contributed by atoms with Crippen LogP contribution < -0.4 is 0 Å². The zero-order valence-electron chi connectivity index (χ0n) is 11.0. The molecule has 0 aromatic heterocycles. The molecular weight excluding hydrogens is 260 g/mol. The lowest BCUT2D eigenvalue weighted by atomic mass is 9.64. The second-order valence-electron chi connectivity index (χ2n) is 5.20. The van der Waals surface area contributed by atoms with Gasteiger partial charge in [-0.2, -0.15) is 0 Å². The molecule has 0 radical (unpaired) electrons. The maximum Gasteiger partial charge on any atom is 0.308 e. The van der Waals surface area contributed by atoms with Gasteiger partial charge in [0.05, 0.1) is 11.8 Å². The van der Waals surface area contributed by atoms with Crippen LogP contribution in [0.5, 0.6) is 0 Å². The van der Waals surface area contributed by atoms with Gasteiger partial charge in [0.2, 0.25) is 0 Å². The smallest absolute Gasteiger partial charge is 0.308 e. The van der Waals surface area contributed by atoms with Gasteiger partial charge in [-0.3, -0.25) is 14.4 Å². The molecule has 5 heteroatoms. The van der Waals surface area contributed by atoms with E-state index in [0.717, 1.165) is 0 Å². The van der Waals surface area contributed by atoms with Crippen LogP contribution in [0, 0.1) is 17.8 Å². The van der Waals surface area contributed by atoms with Crippen LogP contribution in [0.2, 0.25) is 0 Å². The van der Waals surface area contributed by atoms with Crippen LogP contribution in [0.4, 0.5) is 0 Å². The number of carboxylic acids is 2. The Hall–Kier alpha value is -2.17. The molecule has 2 N–H and O–H groups in total. The summed E-state index contributed by atoms with van der Waals surface area (Å²) in [6.45, 7) is 1.67. The van der Waals surface area contributed by atoms with Crippen molar-refractivity contribution in [1.82, 2.24) is 0 Å².